The zero-order chi connectivity index (χ0) is 16.4. The molecule has 2 nitrogen and oxygen atoms in total. The van der Waals surface area contributed by atoms with Gasteiger partial charge >= 0.3 is 0 Å². The van der Waals surface area contributed by atoms with E-state index < -0.39 is 0 Å². The summed E-state index contributed by atoms with van der Waals surface area (Å²) in [5.74, 6) is 0. The van der Waals surface area contributed by atoms with Crippen molar-refractivity contribution in [2.24, 2.45) is 0 Å². The highest BCUT2D eigenvalue weighted by atomic mass is 15.0. The lowest BCUT2D eigenvalue weighted by molar-refractivity contribution is 1.10. The van der Waals surface area contributed by atoms with Gasteiger partial charge in [0.05, 0.1) is 11.2 Å². The van der Waals surface area contributed by atoms with E-state index in [0.29, 0.717) is 0 Å². The second-order valence-electron chi connectivity index (χ2n) is 6.69. The van der Waals surface area contributed by atoms with Crippen molar-refractivity contribution in [1.29, 1.82) is 0 Å². The lowest BCUT2D eigenvalue weighted by Crippen LogP contribution is -1.95. The van der Waals surface area contributed by atoms with E-state index in [9.17, 15) is 0 Å². The molecule has 0 atom stereocenters. The Kier molecular flexibility index (Phi) is 2.43. The molecule has 2 heteroatoms. The summed E-state index contributed by atoms with van der Waals surface area (Å²) < 4.78 is 2.40. The van der Waals surface area contributed by atoms with E-state index in [2.05, 4.69) is 88.4 Å². The first-order valence-corrected chi connectivity index (χ1v) is 8.70. The fourth-order valence-corrected chi connectivity index (χ4v) is 4.34. The van der Waals surface area contributed by atoms with E-state index in [1.807, 2.05) is 0 Å². The van der Waals surface area contributed by atoms with Gasteiger partial charge in [-0.05, 0) is 48.4 Å². The first-order chi connectivity index (χ1) is 12.4. The monoisotopic (exact) mass is 320 g/mol. The molecule has 118 valence electrons. The van der Waals surface area contributed by atoms with Gasteiger partial charge in [-0.1, -0.05) is 42.5 Å². The molecule has 0 bridgehead atoms. The van der Waals surface area contributed by atoms with Gasteiger partial charge in [0.25, 0.3) is 0 Å². The van der Waals surface area contributed by atoms with Crippen LogP contribution in [0.15, 0.2) is 72.8 Å². The Hall–Kier alpha value is -3.26. The first-order valence-electron chi connectivity index (χ1n) is 8.70. The Morgan fingerprint density at radius 1 is 0.760 bits per heavy atom. The maximum atomic E-state index is 3.58. The number of H-pyrrole nitrogens is 1. The van der Waals surface area contributed by atoms with Crippen LogP contribution in [-0.2, 0) is 6.42 Å². The van der Waals surface area contributed by atoms with Crippen molar-refractivity contribution in [2.45, 2.75) is 6.42 Å². The molecular weight excluding hydrogens is 304 g/mol. The molecule has 0 radical (unpaired) electrons. The SMILES string of the molecule is C1=Cc2c(c3c4c(ccc3n2-c2ccccc2)[nH]c2ccccc24)C1. The summed E-state index contributed by atoms with van der Waals surface area (Å²) in [6, 6.07) is 23.7. The maximum Gasteiger partial charge on any atom is 0.0545 e. The van der Waals surface area contributed by atoms with Crippen LogP contribution in [0, 0.1) is 0 Å². The van der Waals surface area contributed by atoms with Crippen LogP contribution in [0.2, 0.25) is 0 Å². The Morgan fingerprint density at radius 3 is 2.52 bits per heavy atom. The van der Waals surface area contributed by atoms with Crippen molar-refractivity contribution in [3.05, 3.63) is 84.1 Å². The molecule has 0 saturated carbocycles. The number of hydrogen-bond acceptors (Lipinski definition) is 0. The van der Waals surface area contributed by atoms with E-state index in [-0.39, 0.29) is 0 Å². The smallest absolute Gasteiger partial charge is 0.0545 e. The number of aromatic amines is 1. The molecule has 1 N–H and O–H groups in total. The lowest BCUT2D eigenvalue weighted by Gasteiger charge is -2.08. The third-order valence-electron chi connectivity index (χ3n) is 5.35. The molecule has 0 aliphatic heterocycles. The minimum atomic E-state index is 1.00. The van der Waals surface area contributed by atoms with Crippen LogP contribution in [0.1, 0.15) is 11.3 Å². The topological polar surface area (TPSA) is 20.7 Å². The van der Waals surface area contributed by atoms with Crippen molar-refractivity contribution in [3.63, 3.8) is 0 Å². The average molecular weight is 320 g/mol. The molecule has 0 spiro atoms. The third-order valence-corrected chi connectivity index (χ3v) is 5.35. The number of rotatable bonds is 1. The highest BCUT2D eigenvalue weighted by Gasteiger charge is 2.22. The molecule has 6 rings (SSSR count). The highest BCUT2D eigenvalue weighted by Crippen LogP contribution is 2.40. The second-order valence-corrected chi connectivity index (χ2v) is 6.69. The zero-order valence-corrected chi connectivity index (χ0v) is 13.7. The van der Waals surface area contributed by atoms with Crippen LogP contribution < -0.4 is 0 Å². The molecule has 2 heterocycles. The summed E-state index contributed by atoms with van der Waals surface area (Å²) in [5, 5.41) is 4.05. The lowest BCUT2D eigenvalue weighted by atomic mass is 10.0. The molecule has 0 saturated heterocycles. The number of nitrogens with zero attached hydrogens (tertiary/aromatic N) is 1. The quantitative estimate of drug-likeness (QED) is 0.401. The molecule has 1 aliphatic rings. The Bertz CT molecular complexity index is 1300. The predicted molar refractivity (Wildman–Crippen MR) is 105 cm³/mol. The van der Waals surface area contributed by atoms with Crippen LogP contribution in [0.25, 0.3) is 44.5 Å². The van der Waals surface area contributed by atoms with E-state index in [1.54, 1.807) is 0 Å². The average Bonchev–Trinajstić information content (AvgIpc) is 3.33. The summed E-state index contributed by atoms with van der Waals surface area (Å²) in [6.07, 6.45) is 5.55. The summed E-state index contributed by atoms with van der Waals surface area (Å²) in [5.41, 5.74) is 7.69. The standard InChI is InChI=1S/C23H16N2/c1-2-7-15(8-3-1)25-20-12-6-10-17(20)23-21(25)14-13-19-22(23)16-9-4-5-11-18(16)24-19/h1-9,11-14,24H,10H2. The number of hydrogen-bond donors (Lipinski definition) is 1. The summed E-state index contributed by atoms with van der Waals surface area (Å²) in [4.78, 5) is 3.58. The van der Waals surface area contributed by atoms with Gasteiger partial charge in [0.2, 0.25) is 0 Å². The van der Waals surface area contributed by atoms with Crippen LogP contribution >= 0.6 is 0 Å². The number of fused-ring (bicyclic) bond motifs is 7. The van der Waals surface area contributed by atoms with Crippen molar-refractivity contribution < 1.29 is 0 Å². The molecule has 3 aromatic carbocycles. The van der Waals surface area contributed by atoms with Gasteiger partial charge in [-0.2, -0.15) is 0 Å². The molecule has 5 aromatic rings. The Labute approximate surface area is 145 Å². The van der Waals surface area contributed by atoms with E-state index in [0.717, 1.165) is 6.42 Å². The Morgan fingerprint density at radius 2 is 1.60 bits per heavy atom. The largest absolute Gasteiger partial charge is 0.354 e. The molecule has 25 heavy (non-hydrogen) atoms. The third kappa shape index (κ3) is 1.64. The minimum Gasteiger partial charge on any atom is -0.354 e. The predicted octanol–water partition coefficient (Wildman–Crippen LogP) is 5.83. The van der Waals surface area contributed by atoms with Gasteiger partial charge in [0, 0.05) is 32.9 Å². The Balaban J connectivity index is 1.86. The number of allylic oxidation sites excluding steroid dienone is 1. The molecule has 0 unspecified atom stereocenters. The first kappa shape index (κ1) is 13.1. The van der Waals surface area contributed by atoms with Crippen LogP contribution in [0.3, 0.4) is 0 Å². The van der Waals surface area contributed by atoms with Crippen LogP contribution in [-0.4, -0.2) is 9.55 Å². The van der Waals surface area contributed by atoms with Crippen LogP contribution in [0.5, 0.6) is 0 Å². The zero-order valence-electron chi connectivity index (χ0n) is 13.7. The molecule has 1 aliphatic carbocycles. The van der Waals surface area contributed by atoms with E-state index in [1.165, 1.54) is 49.7 Å². The van der Waals surface area contributed by atoms with Gasteiger partial charge in [-0.3, -0.25) is 0 Å². The van der Waals surface area contributed by atoms with E-state index >= 15 is 0 Å². The number of benzene rings is 3. The minimum absolute atomic E-state index is 1.00. The molecule has 2 aromatic heterocycles. The van der Waals surface area contributed by atoms with Gasteiger partial charge in [-0.25, -0.2) is 0 Å². The maximum absolute atomic E-state index is 3.58. The van der Waals surface area contributed by atoms with Gasteiger partial charge in [0.1, 0.15) is 0 Å². The fraction of sp³-hybridized carbons (Fsp3) is 0.0435. The van der Waals surface area contributed by atoms with Crippen molar-refractivity contribution in [3.8, 4) is 5.69 Å². The van der Waals surface area contributed by atoms with Crippen LogP contribution in [0.4, 0.5) is 0 Å². The van der Waals surface area contributed by atoms with Crippen molar-refractivity contribution in [1.82, 2.24) is 9.55 Å². The highest BCUT2D eigenvalue weighted by molar-refractivity contribution is 6.21. The number of nitrogens with one attached hydrogen (secondary N) is 1. The number of aromatic nitrogens is 2. The van der Waals surface area contributed by atoms with Crippen molar-refractivity contribution in [2.75, 3.05) is 0 Å². The second kappa shape index (κ2) is 4.64. The number of para-hydroxylation sites is 2. The van der Waals surface area contributed by atoms with Gasteiger partial charge < -0.3 is 9.55 Å². The van der Waals surface area contributed by atoms with Gasteiger partial charge in [-0.15, -0.1) is 0 Å². The normalized spacial score (nSPS) is 13.3. The molecule has 0 fully saturated rings. The molecule has 0 amide bonds. The molecular formula is C23H16N2. The summed E-state index contributed by atoms with van der Waals surface area (Å²) in [7, 11) is 0. The summed E-state index contributed by atoms with van der Waals surface area (Å²) in [6.45, 7) is 0. The van der Waals surface area contributed by atoms with Crippen molar-refractivity contribution >= 4 is 38.8 Å². The fourth-order valence-electron chi connectivity index (χ4n) is 4.34. The van der Waals surface area contributed by atoms with Gasteiger partial charge in [0.15, 0.2) is 0 Å². The van der Waals surface area contributed by atoms with E-state index in [4.69, 9.17) is 0 Å². The summed E-state index contributed by atoms with van der Waals surface area (Å²) >= 11 is 0.